The maximum Gasteiger partial charge on any atom is 0.255 e. The summed E-state index contributed by atoms with van der Waals surface area (Å²) < 4.78 is 1.46. The van der Waals surface area contributed by atoms with Crippen LogP contribution in [0.25, 0.3) is 5.69 Å². The van der Waals surface area contributed by atoms with Gasteiger partial charge in [-0.2, -0.15) is 5.26 Å². The van der Waals surface area contributed by atoms with E-state index in [4.69, 9.17) is 5.26 Å². The van der Waals surface area contributed by atoms with Gasteiger partial charge in [0.05, 0.1) is 5.56 Å². The molecule has 0 fully saturated rings. The van der Waals surface area contributed by atoms with Crippen LogP contribution in [0.5, 0.6) is 0 Å². The molecular weight excluding hydrogens is 188 g/mol. The van der Waals surface area contributed by atoms with Gasteiger partial charge in [0.15, 0.2) is 0 Å². The van der Waals surface area contributed by atoms with Gasteiger partial charge >= 0.3 is 0 Å². The highest BCUT2D eigenvalue weighted by atomic mass is 16.1. The first kappa shape index (κ1) is 9.22. The molecular formula is C12H8N2O. The molecule has 0 aliphatic rings. The molecule has 0 aliphatic carbocycles. The molecule has 0 N–H and O–H groups in total. The van der Waals surface area contributed by atoms with Gasteiger partial charge in [-0.25, -0.2) is 0 Å². The summed E-state index contributed by atoms with van der Waals surface area (Å²) in [5.41, 5.74) is 1.10. The molecule has 0 amide bonds. The second kappa shape index (κ2) is 3.81. The Morgan fingerprint density at radius 3 is 2.47 bits per heavy atom. The summed E-state index contributed by atoms with van der Waals surface area (Å²) in [6, 6.07) is 14.1. The highest BCUT2D eigenvalue weighted by Gasteiger charge is 1.99. The summed E-state index contributed by atoms with van der Waals surface area (Å²) in [4.78, 5) is 11.5. The first-order chi connectivity index (χ1) is 7.31. The molecule has 0 saturated heterocycles. The number of benzene rings is 1. The lowest BCUT2D eigenvalue weighted by molar-refractivity contribution is 0.985. The van der Waals surface area contributed by atoms with Crippen LogP contribution in [0, 0.1) is 11.3 Å². The summed E-state index contributed by atoms with van der Waals surface area (Å²) in [6.45, 7) is 0. The number of pyridine rings is 1. The third kappa shape index (κ3) is 1.79. The van der Waals surface area contributed by atoms with E-state index in [9.17, 15) is 4.79 Å². The molecule has 1 aromatic heterocycles. The summed E-state index contributed by atoms with van der Waals surface area (Å²) in [5.74, 6) is 0. The van der Waals surface area contributed by atoms with Gasteiger partial charge in [-0.1, -0.05) is 18.2 Å². The van der Waals surface area contributed by atoms with E-state index in [2.05, 4.69) is 0 Å². The van der Waals surface area contributed by atoms with E-state index < -0.39 is 0 Å². The van der Waals surface area contributed by atoms with Gasteiger partial charge in [-0.15, -0.1) is 0 Å². The minimum absolute atomic E-state index is 0.139. The van der Waals surface area contributed by atoms with Gasteiger partial charge in [-0.3, -0.25) is 9.36 Å². The second-order valence-electron chi connectivity index (χ2n) is 3.07. The number of hydrogen-bond donors (Lipinski definition) is 0. The second-order valence-corrected chi connectivity index (χ2v) is 3.07. The molecule has 0 aliphatic heterocycles. The Morgan fingerprint density at radius 1 is 1.07 bits per heavy atom. The number of nitrogens with zero attached hydrogens (tertiary/aromatic N) is 2. The molecule has 0 unspecified atom stereocenters. The van der Waals surface area contributed by atoms with Gasteiger partial charge in [0, 0.05) is 18.0 Å². The maximum absolute atomic E-state index is 11.5. The molecule has 3 heteroatoms. The number of para-hydroxylation sites is 1. The Bertz CT molecular complexity index is 564. The van der Waals surface area contributed by atoms with Crippen molar-refractivity contribution in [3.05, 3.63) is 64.6 Å². The van der Waals surface area contributed by atoms with Crippen LogP contribution in [0.15, 0.2) is 53.5 Å². The van der Waals surface area contributed by atoms with Crippen LogP contribution in [0.1, 0.15) is 5.56 Å². The van der Waals surface area contributed by atoms with Crippen molar-refractivity contribution in [1.82, 2.24) is 4.57 Å². The average molecular weight is 196 g/mol. The zero-order valence-corrected chi connectivity index (χ0v) is 7.92. The lowest BCUT2D eigenvalue weighted by atomic mass is 10.2. The van der Waals surface area contributed by atoms with Gasteiger partial charge in [0.25, 0.3) is 5.56 Å². The summed E-state index contributed by atoms with van der Waals surface area (Å²) in [6.07, 6.45) is 1.54. The van der Waals surface area contributed by atoms with Crippen LogP contribution in [0.2, 0.25) is 0 Å². The monoisotopic (exact) mass is 196 g/mol. The Balaban J connectivity index is 2.64. The smallest absolute Gasteiger partial charge is 0.255 e. The van der Waals surface area contributed by atoms with Crippen LogP contribution >= 0.6 is 0 Å². The Labute approximate surface area is 86.8 Å². The van der Waals surface area contributed by atoms with Crippen LogP contribution in [-0.4, -0.2) is 4.57 Å². The van der Waals surface area contributed by atoms with Gasteiger partial charge in [0.2, 0.25) is 0 Å². The normalized spacial score (nSPS) is 9.53. The lowest BCUT2D eigenvalue weighted by Crippen LogP contribution is -2.16. The predicted molar refractivity (Wildman–Crippen MR) is 56.8 cm³/mol. The fraction of sp³-hybridized carbons (Fsp3) is 0. The van der Waals surface area contributed by atoms with Crippen molar-refractivity contribution in [3.63, 3.8) is 0 Å². The largest absolute Gasteiger partial charge is 0.283 e. The number of nitriles is 1. The molecule has 2 aromatic rings. The van der Waals surface area contributed by atoms with Crippen molar-refractivity contribution >= 4 is 0 Å². The van der Waals surface area contributed by atoms with Crippen molar-refractivity contribution in [3.8, 4) is 11.8 Å². The van der Waals surface area contributed by atoms with E-state index in [-0.39, 0.29) is 5.56 Å². The quantitative estimate of drug-likeness (QED) is 0.697. The molecule has 3 nitrogen and oxygen atoms in total. The van der Waals surface area contributed by atoms with E-state index in [1.165, 1.54) is 22.9 Å². The molecule has 0 spiro atoms. The number of rotatable bonds is 1. The minimum atomic E-state index is -0.139. The zero-order valence-electron chi connectivity index (χ0n) is 7.92. The van der Waals surface area contributed by atoms with Gasteiger partial charge in [0.1, 0.15) is 6.07 Å². The first-order valence-corrected chi connectivity index (χ1v) is 4.49. The standard InChI is InChI=1S/C12H8N2O/c13-8-10-6-7-12(15)14(9-10)11-4-2-1-3-5-11/h1-7,9H. The van der Waals surface area contributed by atoms with E-state index in [1.807, 2.05) is 36.4 Å². The Morgan fingerprint density at radius 2 is 1.80 bits per heavy atom. The number of aromatic nitrogens is 1. The Kier molecular flexibility index (Phi) is 2.34. The molecule has 15 heavy (non-hydrogen) atoms. The summed E-state index contributed by atoms with van der Waals surface area (Å²) in [5, 5.41) is 8.73. The van der Waals surface area contributed by atoms with Gasteiger partial charge in [-0.05, 0) is 18.2 Å². The SMILES string of the molecule is N#Cc1ccc(=O)n(-c2ccccc2)c1. The van der Waals surface area contributed by atoms with Crippen molar-refractivity contribution in [2.24, 2.45) is 0 Å². The predicted octanol–water partition coefficient (Wildman–Crippen LogP) is 1.71. The topological polar surface area (TPSA) is 45.8 Å². The van der Waals surface area contributed by atoms with E-state index in [1.54, 1.807) is 0 Å². The fourth-order valence-corrected chi connectivity index (χ4v) is 1.34. The Hall–Kier alpha value is -2.34. The molecule has 0 saturated carbocycles. The average Bonchev–Trinajstić information content (AvgIpc) is 2.31. The summed E-state index contributed by atoms with van der Waals surface area (Å²) in [7, 11) is 0. The molecule has 0 atom stereocenters. The van der Waals surface area contributed by atoms with Crippen molar-refractivity contribution in [2.45, 2.75) is 0 Å². The molecule has 2 rings (SSSR count). The van der Waals surface area contributed by atoms with Crippen LogP contribution in [-0.2, 0) is 0 Å². The van der Waals surface area contributed by atoms with Gasteiger partial charge < -0.3 is 0 Å². The molecule has 72 valence electrons. The third-order valence-electron chi connectivity index (χ3n) is 2.07. The summed E-state index contributed by atoms with van der Waals surface area (Å²) >= 11 is 0. The third-order valence-corrected chi connectivity index (χ3v) is 2.07. The molecule has 1 heterocycles. The van der Waals surface area contributed by atoms with E-state index >= 15 is 0 Å². The number of hydrogen-bond acceptors (Lipinski definition) is 2. The fourth-order valence-electron chi connectivity index (χ4n) is 1.34. The molecule has 0 radical (unpaired) electrons. The van der Waals surface area contributed by atoms with E-state index in [0.717, 1.165) is 5.69 Å². The minimum Gasteiger partial charge on any atom is -0.283 e. The molecule has 1 aromatic carbocycles. The van der Waals surface area contributed by atoms with Crippen LogP contribution in [0.3, 0.4) is 0 Å². The highest BCUT2D eigenvalue weighted by molar-refractivity contribution is 5.35. The van der Waals surface area contributed by atoms with E-state index in [0.29, 0.717) is 5.56 Å². The maximum atomic E-state index is 11.5. The molecule has 0 bridgehead atoms. The van der Waals surface area contributed by atoms with Crippen LogP contribution in [0.4, 0.5) is 0 Å². The first-order valence-electron chi connectivity index (χ1n) is 4.49. The highest BCUT2D eigenvalue weighted by Crippen LogP contribution is 2.04. The van der Waals surface area contributed by atoms with Crippen molar-refractivity contribution < 1.29 is 0 Å². The van der Waals surface area contributed by atoms with Crippen LogP contribution < -0.4 is 5.56 Å². The lowest BCUT2D eigenvalue weighted by Gasteiger charge is -2.04. The van der Waals surface area contributed by atoms with Crippen molar-refractivity contribution in [1.29, 1.82) is 5.26 Å². The zero-order chi connectivity index (χ0) is 10.7. The van der Waals surface area contributed by atoms with Crippen molar-refractivity contribution in [2.75, 3.05) is 0 Å².